The highest BCUT2D eigenvalue weighted by Gasteiger charge is 2.29. The van der Waals surface area contributed by atoms with Crippen LogP contribution in [0.1, 0.15) is 29.8 Å². The van der Waals surface area contributed by atoms with Crippen molar-refractivity contribution >= 4 is 5.91 Å². The van der Waals surface area contributed by atoms with Crippen LogP contribution in [0.5, 0.6) is 0 Å². The molecule has 1 saturated heterocycles. The number of carbonyl (C=O) groups excluding carboxylic acids is 1. The maximum absolute atomic E-state index is 12.3. The summed E-state index contributed by atoms with van der Waals surface area (Å²) in [5.74, 6) is 1.32. The molecule has 2 atom stereocenters. The van der Waals surface area contributed by atoms with Crippen LogP contribution in [0.3, 0.4) is 0 Å². The van der Waals surface area contributed by atoms with Crippen LogP contribution in [0.15, 0.2) is 24.3 Å². The normalized spacial score (nSPS) is 24.1. The monoisotopic (exact) mass is 232 g/mol. The zero-order chi connectivity index (χ0) is 12.4. The van der Waals surface area contributed by atoms with Gasteiger partial charge < -0.3 is 10.6 Å². The van der Waals surface area contributed by atoms with Gasteiger partial charge >= 0.3 is 0 Å². The Morgan fingerprint density at radius 3 is 2.59 bits per heavy atom. The SMILES string of the molecule is CC1CN(C(=O)c2cccc(CN)c2)CC1C. The molecule has 0 aromatic heterocycles. The second-order valence-electron chi connectivity index (χ2n) is 5.07. The minimum atomic E-state index is 0.136. The average Bonchev–Trinajstić information content (AvgIpc) is 2.69. The fraction of sp³-hybridized carbons (Fsp3) is 0.500. The third kappa shape index (κ3) is 2.50. The molecule has 3 heteroatoms. The molecule has 0 radical (unpaired) electrons. The highest BCUT2D eigenvalue weighted by molar-refractivity contribution is 5.94. The largest absolute Gasteiger partial charge is 0.338 e. The molecule has 0 aliphatic carbocycles. The Kier molecular flexibility index (Phi) is 3.48. The molecule has 0 saturated carbocycles. The van der Waals surface area contributed by atoms with Crippen LogP contribution >= 0.6 is 0 Å². The van der Waals surface area contributed by atoms with E-state index in [4.69, 9.17) is 5.73 Å². The number of hydrogen-bond acceptors (Lipinski definition) is 2. The van der Waals surface area contributed by atoms with Gasteiger partial charge in [0.05, 0.1) is 0 Å². The average molecular weight is 232 g/mol. The molecular weight excluding hydrogens is 212 g/mol. The standard InChI is InChI=1S/C14H20N2O/c1-10-8-16(9-11(10)2)14(17)13-5-3-4-12(6-13)7-15/h3-6,10-11H,7-9,15H2,1-2H3. The van der Waals surface area contributed by atoms with Crippen LogP contribution in [0, 0.1) is 11.8 Å². The lowest BCUT2D eigenvalue weighted by atomic mass is 10.0. The van der Waals surface area contributed by atoms with Crippen molar-refractivity contribution < 1.29 is 4.79 Å². The summed E-state index contributed by atoms with van der Waals surface area (Å²) >= 11 is 0. The molecule has 17 heavy (non-hydrogen) atoms. The first-order valence-electron chi connectivity index (χ1n) is 6.20. The van der Waals surface area contributed by atoms with Crippen molar-refractivity contribution in [3.63, 3.8) is 0 Å². The smallest absolute Gasteiger partial charge is 0.253 e. The quantitative estimate of drug-likeness (QED) is 0.846. The Morgan fingerprint density at radius 1 is 1.35 bits per heavy atom. The number of nitrogens with zero attached hydrogens (tertiary/aromatic N) is 1. The van der Waals surface area contributed by atoms with Crippen LogP contribution in [0.4, 0.5) is 0 Å². The topological polar surface area (TPSA) is 46.3 Å². The summed E-state index contributed by atoms with van der Waals surface area (Å²) in [5.41, 5.74) is 7.36. The lowest BCUT2D eigenvalue weighted by Crippen LogP contribution is -2.28. The molecule has 1 aromatic rings. The number of amides is 1. The summed E-state index contributed by atoms with van der Waals surface area (Å²) < 4.78 is 0. The predicted molar refractivity (Wildman–Crippen MR) is 68.6 cm³/mol. The van der Waals surface area contributed by atoms with Gasteiger partial charge in [-0.2, -0.15) is 0 Å². The number of benzene rings is 1. The van der Waals surface area contributed by atoms with Crippen LogP contribution in [-0.4, -0.2) is 23.9 Å². The Morgan fingerprint density at radius 2 is 2.00 bits per heavy atom. The number of likely N-dealkylation sites (tertiary alicyclic amines) is 1. The Labute approximate surface area is 103 Å². The van der Waals surface area contributed by atoms with Gasteiger partial charge in [-0.15, -0.1) is 0 Å². The lowest BCUT2D eigenvalue weighted by molar-refractivity contribution is 0.0785. The highest BCUT2D eigenvalue weighted by atomic mass is 16.2. The second-order valence-corrected chi connectivity index (χ2v) is 5.07. The van der Waals surface area contributed by atoms with Crippen LogP contribution in [0.25, 0.3) is 0 Å². The molecule has 1 heterocycles. The van der Waals surface area contributed by atoms with Gasteiger partial charge in [-0.3, -0.25) is 4.79 Å². The Bertz CT molecular complexity index is 406. The van der Waals surface area contributed by atoms with Gasteiger partial charge in [-0.1, -0.05) is 26.0 Å². The van der Waals surface area contributed by atoms with Gasteiger partial charge in [-0.05, 0) is 29.5 Å². The van der Waals surface area contributed by atoms with Crippen molar-refractivity contribution in [2.75, 3.05) is 13.1 Å². The fourth-order valence-corrected chi connectivity index (χ4v) is 2.31. The number of rotatable bonds is 2. The van der Waals surface area contributed by atoms with Gasteiger partial charge in [0.15, 0.2) is 0 Å². The van der Waals surface area contributed by atoms with Crippen molar-refractivity contribution in [2.45, 2.75) is 20.4 Å². The van der Waals surface area contributed by atoms with E-state index in [0.717, 1.165) is 24.2 Å². The molecule has 0 bridgehead atoms. The first-order chi connectivity index (χ1) is 8.11. The van der Waals surface area contributed by atoms with Crippen molar-refractivity contribution in [1.29, 1.82) is 0 Å². The molecule has 1 aliphatic heterocycles. The molecule has 3 nitrogen and oxygen atoms in total. The van der Waals surface area contributed by atoms with E-state index in [0.29, 0.717) is 18.4 Å². The summed E-state index contributed by atoms with van der Waals surface area (Å²) in [4.78, 5) is 14.2. The van der Waals surface area contributed by atoms with Crippen molar-refractivity contribution in [1.82, 2.24) is 4.90 Å². The molecular formula is C14H20N2O. The van der Waals surface area contributed by atoms with E-state index < -0.39 is 0 Å². The van der Waals surface area contributed by atoms with E-state index in [2.05, 4.69) is 13.8 Å². The van der Waals surface area contributed by atoms with Crippen LogP contribution < -0.4 is 5.73 Å². The molecule has 0 spiro atoms. The van der Waals surface area contributed by atoms with Gasteiger partial charge in [0.25, 0.3) is 5.91 Å². The van der Waals surface area contributed by atoms with Crippen molar-refractivity contribution in [2.24, 2.45) is 17.6 Å². The van der Waals surface area contributed by atoms with Crippen molar-refractivity contribution in [3.05, 3.63) is 35.4 Å². The molecule has 1 aliphatic rings. The van der Waals surface area contributed by atoms with Gasteiger partial charge in [0.1, 0.15) is 0 Å². The summed E-state index contributed by atoms with van der Waals surface area (Å²) in [5, 5.41) is 0. The van der Waals surface area contributed by atoms with E-state index in [9.17, 15) is 4.79 Å². The molecule has 92 valence electrons. The Balaban J connectivity index is 2.14. The first-order valence-corrected chi connectivity index (χ1v) is 6.20. The van der Waals surface area contributed by atoms with Gasteiger partial charge in [0, 0.05) is 25.2 Å². The summed E-state index contributed by atoms with van der Waals surface area (Å²) in [6, 6.07) is 7.62. The van der Waals surface area contributed by atoms with Gasteiger partial charge in [0.2, 0.25) is 0 Å². The van der Waals surface area contributed by atoms with E-state index in [-0.39, 0.29) is 5.91 Å². The summed E-state index contributed by atoms with van der Waals surface area (Å²) in [7, 11) is 0. The predicted octanol–water partition coefficient (Wildman–Crippen LogP) is 1.87. The highest BCUT2D eigenvalue weighted by Crippen LogP contribution is 2.23. The Hall–Kier alpha value is -1.35. The third-order valence-corrected chi connectivity index (χ3v) is 3.68. The molecule has 2 unspecified atom stereocenters. The lowest BCUT2D eigenvalue weighted by Gasteiger charge is -2.16. The number of nitrogens with two attached hydrogens (primary N) is 1. The van der Waals surface area contributed by atoms with Gasteiger partial charge in [-0.25, -0.2) is 0 Å². The second kappa shape index (κ2) is 4.88. The maximum atomic E-state index is 12.3. The van der Waals surface area contributed by atoms with E-state index >= 15 is 0 Å². The minimum absolute atomic E-state index is 0.136. The van der Waals surface area contributed by atoms with Crippen LogP contribution in [-0.2, 0) is 6.54 Å². The minimum Gasteiger partial charge on any atom is -0.338 e. The van der Waals surface area contributed by atoms with Crippen molar-refractivity contribution in [3.8, 4) is 0 Å². The van der Waals surface area contributed by atoms with Crippen LogP contribution in [0.2, 0.25) is 0 Å². The summed E-state index contributed by atoms with van der Waals surface area (Å²) in [6.07, 6.45) is 0. The number of hydrogen-bond donors (Lipinski definition) is 1. The molecule has 1 amide bonds. The molecule has 2 rings (SSSR count). The fourth-order valence-electron chi connectivity index (χ4n) is 2.31. The summed E-state index contributed by atoms with van der Waals surface area (Å²) in [6.45, 7) is 6.62. The zero-order valence-electron chi connectivity index (χ0n) is 10.5. The molecule has 2 N–H and O–H groups in total. The third-order valence-electron chi connectivity index (χ3n) is 3.68. The maximum Gasteiger partial charge on any atom is 0.253 e. The van der Waals surface area contributed by atoms with E-state index in [1.807, 2.05) is 29.2 Å². The van der Waals surface area contributed by atoms with E-state index in [1.54, 1.807) is 0 Å². The zero-order valence-corrected chi connectivity index (χ0v) is 10.5. The van der Waals surface area contributed by atoms with E-state index in [1.165, 1.54) is 0 Å². The molecule has 1 aromatic carbocycles. The molecule has 1 fully saturated rings. The number of carbonyl (C=O) groups is 1. The first kappa shape index (κ1) is 12.1.